The van der Waals surface area contributed by atoms with Crippen molar-refractivity contribution in [1.29, 1.82) is 0 Å². The molecule has 1 N–H and O–H groups in total. The van der Waals surface area contributed by atoms with Crippen LogP contribution in [0.5, 0.6) is 0 Å². The fraction of sp³-hybridized carbons (Fsp3) is 1.00. The zero-order chi connectivity index (χ0) is 13.0. The Bertz CT molecular complexity index is 245. The maximum absolute atomic E-state index is 5.64. The lowest BCUT2D eigenvalue weighted by atomic mass is 9.90. The summed E-state index contributed by atoms with van der Waals surface area (Å²) in [6, 6.07) is 1.19. The number of likely N-dealkylation sites (tertiary alicyclic amines) is 1. The Morgan fingerprint density at radius 1 is 1.39 bits per heavy atom. The van der Waals surface area contributed by atoms with Gasteiger partial charge in [-0.2, -0.15) is 0 Å². The predicted octanol–water partition coefficient (Wildman–Crippen LogP) is 2.26. The van der Waals surface area contributed by atoms with Gasteiger partial charge < -0.3 is 15.0 Å². The summed E-state index contributed by atoms with van der Waals surface area (Å²) >= 11 is 0. The molecule has 4 atom stereocenters. The van der Waals surface area contributed by atoms with Crippen LogP contribution in [0.4, 0.5) is 0 Å². The van der Waals surface area contributed by atoms with Crippen LogP contribution in [-0.2, 0) is 4.74 Å². The molecule has 2 aliphatic rings. The molecule has 0 bridgehead atoms. The molecule has 106 valence electrons. The van der Waals surface area contributed by atoms with Crippen molar-refractivity contribution in [2.24, 2.45) is 5.92 Å². The van der Waals surface area contributed by atoms with Gasteiger partial charge in [0, 0.05) is 25.2 Å². The molecule has 18 heavy (non-hydrogen) atoms. The first kappa shape index (κ1) is 14.3. The quantitative estimate of drug-likeness (QED) is 0.814. The highest BCUT2D eigenvalue weighted by Gasteiger charge is 2.29. The predicted molar refractivity (Wildman–Crippen MR) is 75.9 cm³/mol. The molecule has 0 radical (unpaired) electrons. The molecule has 2 rings (SSSR count). The van der Waals surface area contributed by atoms with E-state index < -0.39 is 0 Å². The minimum absolute atomic E-state index is 0.391. The fourth-order valence-electron chi connectivity index (χ4n) is 3.44. The molecule has 0 aliphatic carbocycles. The van der Waals surface area contributed by atoms with Crippen molar-refractivity contribution in [2.75, 3.05) is 26.2 Å². The molecule has 4 unspecified atom stereocenters. The molecule has 2 aliphatic heterocycles. The molecule has 0 aromatic rings. The second-order valence-electron chi connectivity index (χ2n) is 6.13. The van der Waals surface area contributed by atoms with Crippen molar-refractivity contribution in [3.8, 4) is 0 Å². The van der Waals surface area contributed by atoms with E-state index in [-0.39, 0.29) is 0 Å². The summed E-state index contributed by atoms with van der Waals surface area (Å²) in [5.41, 5.74) is 0. The summed E-state index contributed by atoms with van der Waals surface area (Å²) in [6.07, 6.45) is 5.60. The summed E-state index contributed by atoms with van der Waals surface area (Å²) < 4.78 is 5.64. The van der Waals surface area contributed by atoms with Crippen LogP contribution in [0.1, 0.15) is 46.5 Å². The summed E-state index contributed by atoms with van der Waals surface area (Å²) in [6.45, 7) is 11.6. The Hall–Kier alpha value is -0.120. The average Bonchev–Trinajstić information content (AvgIpc) is 2.76. The Balaban J connectivity index is 1.78. The van der Waals surface area contributed by atoms with Crippen LogP contribution in [0.15, 0.2) is 0 Å². The van der Waals surface area contributed by atoms with E-state index in [1.54, 1.807) is 0 Å². The van der Waals surface area contributed by atoms with Gasteiger partial charge >= 0.3 is 0 Å². The van der Waals surface area contributed by atoms with Gasteiger partial charge in [0.05, 0.1) is 6.10 Å². The Morgan fingerprint density at radius 2 is 2.22 bits per heavy atom. The molecule has 0 amide bonds. The average molecular weight is 254 g/mol. The fourth-order valence-corrected chi connectivity index (χ4v) is 3.44. The minimum atomic E-state index is 0.391. The molecule has 0 spiro atoms. The molecule has 2 saturated heterocycles. The third-order valence-corrected chi connectivity index (χ3v) is 4.64. The van der Waals surface area contributed by atoms with Crippen LogP contribution in [0.25, 0.3) is 0 Å². The first-order valence-corrected chi connectivity index (χ1v) is 7.80. The van der Waals surface area contributed by atoms with Crippen molar-refractivity contribution in [1.82, 2.24) is 10.2 Å². The van der Waals surface area contributed by atoms with E-state index in [2.05, 4.69) is 31.0 Å². The maximum Gasteiger partial charge on any atom is 0.0700 e. The van der Waals surface area contributed by atoms with Crippen molar-refractivity contribution in [3.05, 3.63) is 0 Å². The maximum atomic E-state index is 5.64. The molecule has 3 heteroatoms. The van der Waals surface area contributed by atoms with Gasteiger partial charge in [-0.05, 0) is 58.5 Å². The lowest BCUT2D eigenvalue weighted by Gasteiger charge is -2.37. The molecule has 0 aromatic heterocycles. The first-order chi connectivity index (χ1) is 8.70. The third kappa shape index (κ3) is 3.69. The van der Waals surface area contributed by atoms with Gasteiger partial charge in [-0.15, -0.1) is 0 Å². The van der Waals surface area contributed by atoms with E-state index in [0.29, 0.717) is 18.2 Å². The van der Waals surface area contributed by atoms with E-state index in [4.69, 9.17) is 4.74 Å². The molecule has 3 nitrogen and oxygen atoms in total. The normalized spacial score (nSPS) is 35.8. The Kier molecular flexibility index (Phi) is 5.46. The first-order valence-electron chi connectivity index (χ1n) is 7.80. The Morgan fingerprint density at radius 3 is 2.89 bits per heavy atom. The van der Waals surface area contributed by atoms with E-state index in [0.717, 1.165) is 12.5 Å². The monoisotopic (exact) mass is 254 g/mol. The zero-order valence-electron chi connectivity index (χ0n) is 12.3. The van der Waals surface area contributed by atoms with Crippen molar-refractivity contribution in [2.45, 2.75) is 64.6 Å². The number of ether oxygens (including phenoxy) is 1. The largest absolute Gasteiger partial charge is 0.377 e. The highest BCUT2D eigenvalue weighted by molar-refractivity contribution is 4.86. The second-order valence-corrected chi connectivity index (χ2v) is 6.13. The number of nitrogens with one attached hydrogen (secondary N) is 1. The number of hydrogen-bond acceptors (Lipinski definition) is 3. The van der Waals surface area contributed by atoms with Gasteiger partial charge in [0.25, 0.3) is 0 Å². The molecular formula is C15H30N2O. The van der Waals surface area contributed by atoms with Gasteiger partial charge in [-0.25, -0.2) is 0 Å². The van der Waals surface area contributed by atoms with Gasteiger partial charge in [0.1, 0.15) is 0 Å². The lowest BCUT2D eigenvalue weighted by molar-refractivity contribution is 0.102. The van der Waals surface area contributed by atoms with Crippen LogP contribution in [0.2, 0.25) is 0 Å². The lowest BCUT2D eigenvalue weighted by Crippen LogP contribution is -2.49. The smallest absolute Gasteiger partial charge is 0.0700 e. The number of rotatable bonds is 5. The van der Waals surface area contributed by atoms with Crippen molar-refractivity contribution in [3.63, 3.8) is 0 Å². The van der Waals surface area contributed by atoms with E-state index in [1.165, 1.54) is 45.3 Å². The van der Waals surface area contributed by atoms with Crippen LogP contribution in [0.3, 0.4) is 0 Å². The van der Waals surface area contributed by atoms with Gasteiger partial charge in [0.15, 0.2) is 0 Å². The van der Waals surface area contributed by atoms with Crippen LogP contribution < -0.4 is 5.32 Å². The standard InChI is InChI=1S/C15H30N2O/c1-4-8-17-9-5-6-14(11-17)12(2)16-15-7-10-18-13(15)3/h12-16H,4-11H2,1-3H3. The summed E-state index contributed by atoms with van der Waals surface area (Å²) in [4.78, 5) is 2.64. The van der Waals surface area contributed by atoms with E-state index in [1.807, 2.05) is 0 Å². The molecule has 2 fully saturated rings. The molecular weight excluding hydrogens is 224 g/mol. The number of hydrogen-bond donors (Lipinski definition) is 1. The third-order valence-electron chi connectivity index (χ3n) is 4.64. The van der Waals surface area contributed by atoms with E-state index >= 15 is 0 Å². The topological polar surface area (TPSA) is 24.5 Å². The number of nitrogens with zero attached hydrogens (tertiary/aromatic N) is 1. The summed E-state index contributed by atoms with van der Waals surface area (Å²) in [5.74, 6) is 0.818. The van der Waals surface area contributed by atoms with Gasteiger partial charge in [-0.3, -0.25) is 0 Å². The highest BCUT2D eigenvalue weighted by Crippen LogP contribution is 2.22. The van der Waals surface area contributed by atoms with Crippen LogP contribution >= 0.6 is 0 Å². The summed E-state index contributed by atoms with van der Waals surface area (Å²) in [5, 5.41) is 3.81. The van der Waals surface area contributed by atoms with E-state index in [9.17, 15) is 0 Å². The zero-order valence-corrected chi connectivity index (χ0v) is 12.3. The summed E-state index contributed by atoms with van der Waals surface area (Å²) in [7, 11) is 0. The van der Waals surface area contributed by atoms with Crippen LogP contribution in [0, 0.1) is 5.92 Å². The van der Waals surface area contributed by atoms with Gasteiger partial charge in [0.2, 0.25) is 0 Å². The van der Waals surface area contributed by atoms with Crippen molar-refractivity contribution < 1.29 is 4.74 Å². The Labute approximate surface area is 112 Å². The molecule has 0 aromatic carbocycles. The number of piperidine rings is 1. The highest BCUT2D eigenvalue weighted by atomic mass is 16.5. The second kappa shape index (κ2) is 6.88. The molecule has 0 saturated carbocycles. The SMILES string of the molecule is CCCN1CCCC(C(C)NC2CCOC2C)C1. The van der Waals surface area contributed by atoms with Crippen molar-refractivity contribution >= 4 is 0 Å². The van der Waals surface area contributed by atoms with Crippen LogP contribution in [-0.4, -0.2) is 49.3 Å². The minimum Gasteiger partial charge on any atom is -0.377 e. The molecule has 2 heterocycles. The van der Waals surface area contributed by atoms with Gasteiger partial charge in [-0.1, -0.05) is 6.92 Å².